The van der Waals surface area contributed by atoms with E-state index in [2.05, 4.69) is 27.7 Å². The first-order valence-corrected chi connectivity index (χ1v) is 29.8. The van der Waals surface area contributed by atoms with Crippen LogP contribution >= 0.6 is 0 Å². The fourth-order valence-electron chi connectivity index (χ4n) is 2.22. The van der Waals surface area contributed by atoms with Gasteiger partial charge in [-0.15, -0.1) is 0 Å². The molecule has 0 saturated carbocycles. The fraction of sp³-hybridized carbons (Fsp3) is 0.862. The molecule has 0 atom stereocenters. The molecular weight excluding hydrogens is 1140 g/mol. The summed E-state index contributed by atoms with van der Waals surface area (Å²) in [5, 5.41) is 141. The van der Waals surface area contributed by atoms with Crippen molar-refractivity contribution in [1.82, 2.24) is 0 Å². The Morgan fingerprint density at radius 1 is 0.337 bits per heavy atom. The van der Waals surface area contributed by atoms with Gasteiger partial charge >= 0.3 is 17.9 Å². The fourth-order valence-corrected chi connectivity index (χ4v) is 2.22. The summed E-state index contributed by atoms with van der Waals surface area (Å²) in [5.74, 6) is -7.53. The highest BCUT2D eigenvalue weighted by Gasteiger charge is 1.99. The van der Waals surface area contributed by atoms with Gasteiger partial charge in [-0.05, 0) is 70.6 Å². The van der Waals surface area contributed by atoms with Crippen LogP contribution < -0.4 is 41.7 Å². The van der Waals surface area contributed by atoms with Gasteiger partial charge in [0.1, 0.15) is 0 Å². The number of quaternary nitrogens is 4. The molecular formula is C58H136N4O24. The van der Waals surface area contributed by atoms with E-state index in [1.165, 1.54) is 0 Å². The molecule has 0 saturated heterocycles. The number of rotatable bonds is 28. The van der Waals surface area contributed by atoms with E-state index in [0.717, 1.165) is 123 Å². The van der Waals surface area contributed by atoms with Crippen LogP contribution in [0.5, 0.6) is 0 Å². The molecule has 0 spiro atoms. The standard InChI is InChI=1S/2C5H10O2.4C4H8O2.4C4H10O.4C3H9NO.2C2H4O2/c2*1-2-3-4-5(6)7;2*1-3(2)4(5)6;2*1-2-3-4(5)6;4*1-2-3-4-5;4*1-4-2-3-5;2*1-2(3)4/h2*2-4H2,1H3,(H,6,7);2*3H,1-2H3,(H,5,6);2*2-3H2,1H3,(H,5,6);4*5H,2-4H2,1H3;4*4-5H,2-3H2,1H3;2*1H3,(H,3,4). The molecule has 0 aliphatic heterocycles. The van der Waals surface area contributed by atoms with Gasteiger partial charge in [0.05, 0.1) is 86.7 Å². The Balaban J connectivity index is -0.0000000435. The number of aliphatic carboxylic acids is 8. The number of hydrogen-bond acceptors (Lipinski definition) is 20. The van der Waals surface area contributed by atoms with Crippen LogP contribution in [0.4, 0.5) is 0 Å². The third kappa shape index (κ3) is 439. The first-order chi connectivity index (χ1) is 40.1. The zero-order chi connectivity index (χ0) is 71.8. The molecule has 532 valence electrons. The molecule has 0 amide bonds. The monoisotopic (exact) mass is 1270 g/mol. The number of aliphatic hydroxyl groups excluding tert-OH is 8. The predicted octanol–water partition coefficient (Wildman–Crippen LogP) is -3.64. The molecule has 0 heterocycles. The Kier molecular flexibility index (Phi) is 205. The number of unbranched alkanes of at least 4 members (excludes halogenated alkanes) is 6. The largest absolute Gasteiger partial charge is 0.550 e. The number of carbonyl (C=O) groups is 8. The molecule has 0 bridgehead atoms. The minimum absolute atomic E-state index is 0.181. The molecule has 28 nitrogen and oxygen atoms in total. The van der Waals surface area contributed by atoms with Crippen LogP contribution in [-0.4, -0.2) is 216 Å². The third-order valence-corrected chi connectivity index (χ3v) is 7.08. The van der Waals surface area contributed by atoms with Crippen LogP contribution in [0, 0.1) is 11.8 Å². The minimum Gasteiger partial charge on any atom is -0.550 e. The number of carboxylic acids is 8. The van der Waals surface area contributed by atoms with Gasteiger partial charge in [-0.25, -0.2) is 0 Å². The van der Waals surface area contributed by atoms with E-state index in [-0.39, 0.29) is 51.1 Å². The number of carbonyl (C=O) groups excluding carboxylic acids is 4. The van der Waals surface area contributed by atoms with E-state index in [1.807, 2.05) is 70.2 Å². The number of carboxylic acid groups (broad SMARTS) is 8. The van der Waals surface area contributed by atoms with E-state index in [0.29, 0.717) is 45.7 Å². The summed E-state index contributed by atoms with van der Waals surface area (Å²) < 4.78 is 0. The lowest BCUT2D eigenvalue weighted by atomic mass is 10.2. The van der Waals surface area contributed by atoms with Gasteiger partial charge in [-0.1, -0.05) is 128 Å². The van der Waals surface area contributed by atoms with Crippen LogP contribution in [0.1, 0.15) is 213 Å². The second-order valence-corrected chi connectivity index (χ2v) is 17.2. The number of nitrogens with two attached hydrogens (primary N) is 4. The van der Waals surface area contributed by atoms with Crippen LogP contribution in [0.2, 0.25) is 0 Å². The maximum Gasteiger partial charge on any atom is 0.305 e. The SMILES string of the molecule is CC(=O)O.CC(=O)[O-].CC(C)C(=O)O.CC(C)C(=O)[O-].CCCC(=O)O.CCCC(=O)[O-].CCCCC(=O)O.CCCCC(=O)[O-].CCCCO.CCCCO.CCCCO.CCCCO.C[NH2+]CCO.C[NH2+]CCO.C[NH2+]CCO.C[NH2+]CCO. The second-order valence-electron chi connectivity index (χ2n) is 17.2. The second kappa shape index (κ2) is 144. The van der Waals surface area contributed by atoms with Crippen LogP contribution in [0.15, 0.2) is 0 Å². The molecule has 0 radical (unpaired) electrons. The highest BCUT2D eigenvalue weighted by Crippen LogP contribution is 1.92. The summed E-state index contributed by atoms with van der Waals surface area (Å²) in [6, 6.07) is 0. The zero-order valence-corrected chi connectivity index (χ0v) is 56.9. The molecule has 20 N–H and O–H groups in total. The molecule has 0 rings (SSSR count). The van der Waals surface area contributed by atoms with E-state index in [4.69, 9.17) is 76.0 Å². The molecule has 28 heteroatoms. The van der Waals surface area contributed by atoms with Crippen molar-refractivity contribution in [2.75, 3.05) is 107 Å². The number of likely N-dealkylation sites (N-methyl/N-ethyl adjacent to an activating group) is 4. The van der Waals surface area contributed by atoms with E-state index >= 15 is 0 Å². The number of hydrogen-bond donors (Lipinski definition) is 16. The summed E-state index contributed by atoms with van der Waals surface area (Å²) in [6.45, 7) is 30.1. The van der Waals surface area contributed by atoms with Gasteiger partial charge in [0.25, 0.3) is 5.97 Å². The molecule has 0 aromatic heterocycles. The molecule has 86 heavy (non-hydrogen) atoms. The normalized spacial score (nSPS) is 8.33. The van der Waals surface area contributed by atoms with Gasteiger partial charge in [0, 0.05) is 70.1 Å². The van der Waals surface area contributed by atoms with Crippen molar-refractivity contribution in [2.45, 2.75) is 213 Å². The third-order valence-electron chi connectivity index (χ3n) is 7.08. The summed E-state index contributed by atoms with van der Waals surface area (Å²) in [7, 11) is 7.71. The van der Waals surface area contributed by atoms with Crippen molar-refractivity contribution in [3.05, 3.63) is 0 Å². The molecule has 0 aliphatic rings. The van der Waals surface area contributed by atoms with Crippen LogP contribution in [0.25, 0.3) is 0 Å². The Hall–Kier alpha value is -4.72. The molecule has 0 aliphatic carbocycles. The Bertz CT molecular complexity index is 1040. The smallest absolute Gasteiger partial charge is 0.305 e. The average molecular weight is 1270 g/mol. The maximum atomic E-state index is 9.76. The van der Waals surface area contributed by atoms with Gasteiger partial charge in [0.15, 0.2) is 0 Å². The van der Waals surface area contributed by atoms with E-state index < -0.39 is 47.8 Å². The zero-order valence-electron chi connectivity index (χ0n) is 56.9. The highest BCUT2D eigenvalue weighted by atomic mass is 16.4. The van der Waals surface area contributed by atoms with Gasteiger partial charge < -0.3 is 122 Å². The lowest BCUT2D eigenvalue weighted by Crippen LogP contribution is -2.80. The van der Waals surface area contributed by atoms with Crippen molar-refractivity contribution in [3.8, 4) is 0 Å². The van der Waals surface area contributed by atoms with Crippen molar-refractivity contribution in [3.63, 3.8) is 0 Å². The lowest BCUT2D eigenvalue weighted by molar-refractivity contribution is -0.628. The lowest BCUT2D eigenvalue weighted by Gasteiger charge is -2.01. The Morgan fingerprint density at radius 3 is 0.547 bits per heavy atom. The van der Waals surface area contributed by atoms with Crippen LogP contribution in [0.3, 0.4) is 0 Å². The predicted molar refractivity (Wildman–Crippen MR) is 328 cm³/mol. The molecule has 0 aromatic rings. The first kappa shape index (κ1) is 123. The summed E-state index contributed by atoms with van der Waals surface area (Å²) in [4.78, 5) is 75.7. The van der Waals surface area contributed by atoms with E-state index in [1.54, 1.807) is 34.6 Å². The highest BCUT2D eigenvalue weighted by molar-refractivity contribution is 5.69. The molecule has 0 unspecified atom stereocenters. The van der Waals surface area contributed by atoms with Crippen LogP contribution in [-0.2, 0) is 38.4 Å². The number of aliphatic hydroxyl groups is 8. The van der Waals surface area contributed by atoms with Gasteiger partial charge in [-0.2, -0.15) is 0 Å². The summed E-state index contributed by atoms with van der Waals surface area (Å²) in [6.07, 6.45) is 14.0. The topological polar surface area (TPSA) is 538 Å². The summed E-state index contributed by atoms with van der Waals surface area (Å²) >= 11 is 0. The Labute approximate surface area is 519 Å². The summed E-state index contributed by atoms with van der Waals surface area (Å²) in [5.41, 5.74) is 0. The molecule has 0 aromatic carbocycles. The van der Waals surface area contributed by atoms with Gasteiger partial charge in [0.2, 0.25) is 0 Å². The van der Waals surface area contributed by atoms with E-state index in [9.17, 15) is 44.1 Å². The average Bonchev–Trinajstić information content (AvgIpc) is 3.41. The first-order valence-electron chi connectivity index (χ1n) is 29.8. The minimum atomic E-state index is -1.08. The van der Waals surface area contributed by atoms with Crippen molar-refractivity contribution < 1.29 is 141 Å². The maximum absolute atomic E-state index is 9.76. The quantitative estimate of drug-likeness (QED) is 0.0359. The van der Waals surface area contributed by atoms with Gasteiger partial charge in [-0.3, -0.25) is 19.2 Å². The van der Waals surface area contributed by atoms with Crippen molar-refractivity contribution >= 4 is 47.8 Å². The Morgan fingerprint density at radius 2 is 0.523 bits per heavy atom. The van der Waals surface area contributed by atoms with Crippen molar-refractivity contribution in [2.24, 2.45) is 11.8 Å². The molecule has 0 fully saturated rings. The van der Waals surface area contributed by atoms with Crippen molar-refractivity contribution in [1.29, 1.82) is 0 Å².